The van der Waals surface area contributed by atoms with Crippen molar-refractivity contribution < 1.29 is 14.4 Å². The standard InChI is InChI=1S/C14H23NO3/c1-4-7-14(18)15(10-8-12(16)5-2)11-9-13(17)6-3/h4,7H,5-6,8-11H2,1-3H3. The molecule has 0 spiro atoms. The maximum atomic E-state index is 11.8. The Labute approximate surface area is 109 Å². The number of amides is 1. The van der Waals surface area contributed by atoms with Crippen LogP contribution in [0.2, 0.25) is 0 Å². The molecule has 0 unspecified atom stereocenters. The van der Waals surface area contributed by atoms with Crippen LogP contribution in [0.4, 0.5) is 0 Å². The van der Waals surface area contributed by atoms with Gasteiger partial charge in [-0.2, -0.15) is 0 Å². The minimum Gasteiger partial charge on any atom is -0.338 e. The Kier molecular flexibility index (Phi) is 8.80. The molecule has 4 nitrogen and oxygen atoms in total. The van der Waals surface area contributed by atoms with Crippen LogP contribution in [-0.4, -0.2) is 35.5 Å². The molecule has 18 heavy (non-hydrogen) atoms. The van der Waals surface area contributed by atoms with Crippen molar-refractivity contribution in [1.82, 2.24) is 4.90 Å². The van der Waals surface area contributed by atoms with Gasteiger partial charge < -0.3 is 4.90 Å². The summed E-state index contributed by atoms with van der Waals surface area (Å²) in [6.07, 6.45) is 4.82. The summed E-state index contributed by atoms with van der Waals surface area (Å²) in [4.78, 5) is 35.9. The number of carbonyl (C=O) groups is 3. The van der Waals surface area contributed by atoms with Gasteiger partial charge in [-0.3, -0.25) is 14.4 Å². The van der Waals surface area contributed by atoms with Crippen LogP contribution in [0.5, 0.6) is 0 Å². The molecule has 0 bridgehead atoms. The molecule has 0 aromatic carbocycles. The lowest BCUT2D eigenvalue weighted by atomic mass is 10.2. The lowest BCUT2D eigenvalue weighted by Crippen LogP contribution is -2.33. The Morgan fingerprint density at radius 3 is 1.72 bits per heavy atom. The number of hydrogen-bond donors (Lipinski definition) is 0. The van der Waals surface area contributed by atoms with Crippen molar-refractivity contribution in [3.63, 3.8) is 0 Å². The first-order valence-electron chi connectivity index (χ1n) is 6.50. The lowest BCUT2D eigenvalue weighted by Gasteiger charge is -2.20. The molecule has 0 aromatic heterocycles. The summed E-state index contributed by atoms with van der Waals surface area (Å²) in [6.45, 7) is 6.17. The van der Waals surface area contributed by atoms with Crippen LogP contribution in [0.15, 0.2) is 12.2 Å². The first-order valence-corrected chi connectivity index (χ1v) is 6.50. The largest absolute Gasteiger partial charge is 0.338 e. The third-order valence-electron chi connectivity index (χ3n) is 2.73. The third kappa shape index (κ3) is 6.99. The third-order valence-corrected chi connectivity index (χ3v) is 2.73. The van der Waals surface area contributed by atoms with E-state index in [4.69, 9.17) is 0 Å². The van der Waals surface area contributed by atoms with Gasteiger partial charge in [0.05, 0.1) is 0 Å². The molecule has 0 rings (SSSR count). The van der Waals surface area contributed by atoms with Crippen molar-refractivity contribution in [3.8, 4) is 0 Å². The molecule has 0 atom stereocenters. The van der Waals surface area contributed by atoms with E-state index in [0.29, 0.717) is 38.8 Å². The van der Waals surface area contributed by atoms with E-state index >= 15 is 0 Å². The van der Waals surface area contributed by atoms with Crippen molar-refractivity contribution in [2.45, 2.75) is 46.5 Å². The van der Waals surface area contributed by atoms with Crippen molar-refractivity contribution in [2.75, 3.05) is 13.1 Å². The van der Waals surface area contributed by atoms with Gasteiger partial charge in [0, 0.05) is 38.8 Å². The zero-order chi connectivity index (χ0) is 14.0. The predicted molar refractivity (Wildman–Crippen MR) is 71.2 cm³/mol. The lowest BCUT2D eigenvalue weighted by molar-refractivity contribution is -0.127. The van der Waals surface area contributed by atoms with Gasteiger partial charge in [-0.15, -0.1) is 0 Å². The Morgan fingerprint density at radius 2 is 1.39 bits per heavy atom. The average Bonchev–Trinajstić information content (AvgIpc) is 2.37. The molecule has 102 valence electrons. The number of nitrogens with zero attached hydrogens (tertiary/aromatic N) is 1. The molecule has 0 radical (unpaired) electrons. The van der Waals surface area contributed by atoms with E-state index in [1.807, 2.05) is 0 Å². The fraction of sp³-hybridized carbons (Fsp3) is 0.643. The van der Waals surface area contributed by atoms with E-state index < -0.39 is 0 Å². The number of rotatable bonds is 9. The van der Waals surface area contributed by atoms with E-state index in [1.165, 1.54) is 6.08 Å². The highest BCUT2D eigenvalue weighted by molar-refractivity contribution is 5.88. The minimum absolute atomic E-state index is 0.134. The molecule has 0 aliphatic heterocycles. The van der Waals surface area contributed by atoms with Gasteiger partial charge in [-0.05, 0) is 13.0 Å². The maximum Gasteiger partial charge on any atom is 0.246 e. The van der Waals surface area contributed by atoms with Gasteiger partial charge in [-0.25, -0.2) is 0 Å². The molecule has 0 heterocycles. The number of carbonyl (C=O) groups excluding carboxylic acids is 3. The second kappa shape index (κ2) is 9.57. The smallest absolute Gasteiger partial charge is 0.246 e. The zero-order valence-corrected chi connectivity index (χ0v) is 11.6. The highest BCUT2D eigenvalue weighted by Crippen LogP contribution is 2.01. The monoisotopic (exact) mass is 253 g/mol. The second-order valence-corrected chi connectivity index (χ2v) is 4.11. The summed E-state index contributed by atoms with van der Waals surface area (Å²) < 4.78 is 0. The Morgan fingerprint density at radius 1 is 0.944 bits per heavy atom. The molecule has 1 amide bonds. The normalized spacial score (nSPS) is 10.6. The van der Waals surface area contributed by atoms with Crippen LogP contribution in [0.3, 0.4) is 0 Å². The Bertz CT molecular complexity index is 301. The van der Waals surface area contributed by atoms with Crippen LogP contribution in [0, 0.1) is 0 Å². The minimum atomic E-state index is -0.134. The molecule has 0 N–H and O–H groups in total. The molecule has 0 aliphatic rings. The predicted octanol–water partition coefficient (Wildman–Crippen LogP) is 2.13. The van der Waals surface area contributed by atoms with Gasteiger partial charge in [0.15, 0.2) is 0 Å². The summed E-state index contributed by atoms with van der Waals surface area (Å²) in [6, 6.07) is 0. The topological polar surface area (TPSA) is 54.5 Å². The molecule has 0 saturated carbocycles. The Hall–Kier alpha value is -1.45. The SMILES string of the molecule is CC=CC(=O)N(CCC(=O)CC)CCC(=O)CC. The molecular weight excluding hydrogens is 230 g/mol. The van der Waals surface area contributed by atoms with Gasteiger partial charge in [-0.1, -0.05) is 19.9 Å². The average molecular weight is 253 g/mol. The van der Waals surface area contributed by atoms with E-state index in [9.17, 15) is 14.4 Å². The first kappa shape index (κ1) is 16.6. The zero-order valence-electron chi connectivity index (χ0n) is 11.6. The van der Waals surface area contributed by atoms with Gasteiger partial charge in [0.2, 0.25) is 5.91 Å². The van der Waals surface area contributed by atoms with Crippen molar-refractivity contribution in [3.05, 3.63) is 12.2 Å². The van der Waals surface area contributed by atoms with Gasteiger partial charge >= 0.3 is 0 Å². The van der Waals surface area contributed by atoms with Gasteiger partial charge in [0.25, 0.3) is 0 Å². The van der Waals surface area contributed by atoms with Crippen LogP contribution in [-0.2, 0) is 14.4 Å². The fourth-order valence-electron chi connectivity index (χ4n) is 1.45. The molecule has 0 saturated heterocycles. The number of Topliss-reactive ketones (excluding diaryl/α,β-unsaturated/α-hetero) is 2. The number of hydrogen-bond acceptors (Lipinski definition) is 3. The maximum absolute atomic E-state index is 11.8. The van der Waals surface area contributed by atoms with Crippen LogP contribution < -0.4 is 0 Å². The summed E-state index contributed by atoms with van der Waals surface area (Å²) >= 11 is 0. The summed E-state index contributed by atoms with van der Waals surface area (Å²) in [5.74, 6) is 0.135. The van der Waals surface area contributed by atoms with Crippen molar-refractivity contribution in [2.24, 2.45) is 0 Å². The van der Waals surface area contributed by atoms with Gasteiger partial charge in [0.1, 0.15) is 11.6 Å². The number of ketones is 2. The van der Waals surface area contributed by atoms with E-state index in [0.717, 1.165) is 0 Å². The highest BCUT2D eigenvalue weighted by atomic mass is 16.2. The van der Waals surface area contributed by atoms with Crippen LogP contribution >= 0.6 is 0 Å². The van der Waals surface area contributed by atoms with E-state index in [1.54, 1.807) is 31.7 Å². The summed E-state index contributed by atoms with van der Waals surface area (Å²) in [5, 5.41) is 0. The summed E-state index contributed by atoms with van der Waals surface area (Å²) in [5.41, 5.74) is 0. The van der Waals surface area contributed by atoms with E-state index in [-0.39, 0.29) is 17.5 Å². The quantitative estimate of drug-likeness (QED) is 0.591. The van der Waals surface area contributed by atoms with Crippen LogP contribution in [0.1, 0.15) is 46.5 Å². The summed E-state index contributed by atoms with van der Waals surface area (Å²) in [7, 11) is 0. The van der Waals surface area contributed by atoms with Crippen molar-refractivity contribution >= 4 is 17.5 Å². The van der Waals surface area contributed by atoms with E-state index in [2.05, 4.69) is 0 Å². The molecular formula is C14H23NO3. The highest BCUT2D eigenvalue weighted by Gasteiger charge is 2.13. The molecule has 0 fully saturated rings. The molecule has 4 heteroatoms. The Balaban J connectivity index is 4.37. The molecule has 0 aromatic rings. The number of allylic oxidation sites excluding steroid dienone is 1. The second-order valence-electron chi connectivity index (χ2n) is 4.11. The fourth-order valence-corrected chi connectivity index (χ4v) is 1.45. The van der Waals surface area contributed by atoms with Crippen LogP contribution in [0.25, 0.3) is 0 Å². The first-order chi connectivity index (χ1) is 8.54. The molecule has 0 aliphatic carbocycles. The van der Waals surface area contributed by atoms with Crippen molar-refractivity contribution in [1.29, 1.82) is 0 Å².